The van der Waals surface area contributed by atoms with Gasteiger partial charge < -0.3 is 16.2 Å². The van der Waals surface area contributed by atoms with Crippen LogP contribution in [0.3, 0.4) is 0 Å². The highest BCUT2D eigenvalue weighted by atomic mass is 35.5. The molecule has 2 aromatic rings. The van der Waals surface area contributed by atoms with E-state index in [1.165, 1.54) is 0 Å². The highest BCUT2D eigenvalue weighted by Gasteiger charge is 2.04. The van der Waals surface area contributed by atoms with Crippen molar-refractivity contribution in [2.45, 2.75) is 12.5 Å². The van der Waals surface area contributed by atoms with Crippen LogP contribution in [-0.4, -0.2) is 6.54 Å². The lowest BCUT2D eigenvalue weighted by atomic mass is 10.0. The highest BCUT2D eigenvalue weighted by molar-refractivity contribution is 5.85. The van der Waals surface area contributed by atoms with Crippen molar-refractivity contribution in [1.82, 2.24) is 0 Å². The standard InChI is InChI=1S/C15H18N2O.ClH/c16-11-10-15(17)12-6-8-14(9-7-12)18-13-4-2-1-3-5-13;/h1-9,15H,10-11,16-17H2;1H/t15-;/m1./s1. The van der Waals surface area contributed by atoms with Crippen molar-refractivity contribution in [1.29, 1.82) is 0 Å². The zero-order valence-electron chi connectivity index (χ0n) is 10.7. The normalized spacial score (nSPS) is 11.5. The number of halogens is 1. The molecule has 0 aliphatic heterocycles. The van der Waals surface area contributed by atoms with Gasteiger partial charge in [-0.25, -0.2) is 0 Å². The SMILES string of the molecule is Cl.NCC[C@@H](N)c1ccc(Oc2ccccc2)cc1. The summed E-state index contributed by atoms with van der Waals surface area (Å²) >= 11 is 0. The van der Waals surface area contributed by atoms with Crippen LogP contribution >= 0.6 is 12.4 Å². The Morgan fingerprint density at radius 1 is 0.895 bits per heavy atom. The fourth-order valence-corrected chi connectivity index (χ4v) is 1.75. The summed E-state index contributed by atoms with van der Waals surface area (Å²) in [6.45, 7) is 0.601. The third-order valence-electron chi connectivity index (χ3n) is 2.76. The molecule has 0 aliphatic carbocycles. The zero-order valence-corrected chi connectivity index (χ0v) is 11.5. The smallest absolute Gasteiger partial charge is 0.127 e. The molecule has 4 N–H and O–H groups in total. The third-order valence-corrected chi connectivity index (χ3v) is 2.76. The van der Waals surface area contributed by atoms with Gasteiger partial charge in [0.05, 0.1) is 0 Å². The molecule has 0 saturated heterocycles. The number of hydrogen-bond acceptors (Lipinski definition) is 3. The van der Waals surface area contributed by atoms with E-state index >= 15 is 0 Å². The summed E-state index contributed by atoms with van der Waals surface area (Å²) < 4.78 is 5.71. The molecule has 19 heavy (non-hydrogen) atoms. The highest BCUT2D eigenvalue weighted by Crippen LogP contribution is 2.23. The van der Waals surface area contributed by atoms with E-state index in [0.29, 0.717) is 6.54 Å². The Morgan fingerprint density at radius 2 is 1.47 bits per heavy atom. The fraction of sp³-hybridized carbons (Fsp3) is 0.200. The van der Waals surface area contributed by atoms with Crippen molar-refractivity contribution < 1.29 is 4.74 Å². The Kier molecular flexibility index (Phi) is 6.36. The van der Waals surface area contributed by atoms with Gasteiger partial charge >= 0.3 is 0 Å². The van der Waals surface area contributed by atoms with Crippen molar-refractivity contribution in [2.24, 2.45) is 11.5 Å². The van der Waals surface area contributed by atoms with Gasteiger partial charge in [-0.05, 0) is 42.8 Å². The molecule has 0 aromatic heterocycles. The summed E-state index contributed by atoms with van der Waals surface area (Å²) in [5.41, 5.74) is 12.6. The predicted octanol–water partition coefficient (Wildman–Crippen LogP) is 3.25. The van der Waals surface area contributed by atoms with Crippen molar-refractivity contribution in [3.63, 3.8) is 0 Å². The first kappa shape index (κ1) is 15.5. The van der Waals surface area contributed by atoms with Crippen molar-refractivity contribution >= 4 is 12.4 Å². The van der Waals surface area contributed by atoms with E-state index in [0.717, 1.165) is 23.5 Å². The van der Waals surface area contributed by atoms with Gasteiger partial charge in [0.2, 0.25) is 0 Å². The molecule has 0 radical (unpaired) electrons. The molecule has 1 atom stereocenters. The molecule has 0 heterocycles. The minimum absolute atomic E-state index is 0. The Morgan fingerprint density at radius 3 is 2.05 bits per heavy atom. The molecule has 4 heteroatoms. The van der Waals surface area contributed by atoms with Gasteiger partial charge in [0, 0.05) is 6.04 Å². The van der Waals surface area contributed by atoms with E-state index in [-0.39, 0.29) is 18.4 Å². The second kappa shape index (κ2) is 7.79. The van der Waals surface area contributed by atoms with Crippen LogP contribution in [0, 0.1) is 0 Å². The maximum absolute atomic E-state index is 5.99. The molecule has 0 bridgehead atoms. The Bertz CT molecular complexity index is 473. The first-order chi connectivity index (χ1) is 8.79. The Balaban J connectivity index is 0.00000180. The minimum Gasteiger partial charge on any atom is -0.457 e. The number of ether oxygens (including phenoxy) is 1. The topological polar surface area (TPSA) is 61.3 Å². The molecule has 0 spiro atoms. The second-order valence-corrected chi connectivity index (χ2v) is 4.17. The molecule has 0 fully saturated rings. The van der Waals surface area contributed by atoms with Crippen LogP contribution in [0.2, 0.25) is 0 Å². The van der Waals surface area contributed by atoms with E-state index in [1.807, 2.05) is 54.6 Å². The summed E-state index contributed by atoms with van der Waals surface area (Å²) in [7, 11) is 0. The van der Waals surface area contributed by atoms with Crippen LogP contribution in [0.25, 0.3) is 0 Å². The van der Waals surface area contributed by atoms with Crippen LogP contribution in [0.4, 0.5) is 0 Å². The summed E-state index contributed by atoms with van der Waals surface area (Å²) in [6.07, 6.45) is 0.791. The maximum Gasteiger partial charge on any atom is 0.127 e. The molecule has 2 aromatic carbocycles. The average molecular weight is 279 g/mol. The number of hydrogen-bond donors (Lipinski definition) is 2. The Labute approximate surface area is 120 Å². The molecule has 0 amide bonds. The lowest BCUT2D eigenvalue weighted by Gasteiger charge is -2.11. The molecule has 2 rings (SSSR count). The van der Waals surface area contributed by atoms with Gasteiger partial charge in [0.25, 0.3) is 0 Å². The van der Waals surface area contributed by atoms with E-state index < -0.39 is 0 Å². The summed E-state index contributed by atoms with van der Waals surface area (Å²) in [4.78, 5) is 0. The van der Waals surface area contributed by atoms with E-state index in [4.69, 9.17) is 16.2 Å². The van der Waals surface area contributed by atoms with E-state index in [1.54, 1.807) is 0 Å². The van der Waals surface area contributed by atoms with Gasteiger partial charge in [0.1, 0.15) is 11.5 Å². The third kappa shape index (κ3) is 4.56. The minimum atomic E-state index is 0. The second-order valence-electron chi connectivity index (χ2n) is 4.17. The van der Waals surface area contributed by atoms with Crippen LogP contribution < -0.4 is 16.2 Å². The lowest BCUT2D eigenvalue weighted by Crippen LogP contribution is -2.15. The fourth-order valence-electron chi connectivity index (χ4n) is 1.75. The number of benzene rings is 2. The van der Waals surface area contributed by atoms with Gasteiger partial charge in [-0.15, -0.1) is 12.4 Å². The van der Waals surface area contributed by atoms with Crippen LogP contribution in [0.15, 0.2) is 54.6 Å². The molecular weight excluding hydrogens is 260 g/mol. The molecule has 0 saturated carbocycles. The van der Waals surface area contributed by atoms with Gasteiger partial charge in [-0.3, -0.25) is 0 Å². The monoisotopic (exact) mass is 278 g/mol. The lowest BCUT2D eigenvalue weighted by molar-refractivity contribution is 0.482. The maximum atomic E-state index is 5.99. The summed E-state index contributed by atoms with van der Waals surface area (Å²) in [6, 6.07) is 17.5. The van der Waals surface area contributed by atoms with Crippen LogP contribution in [-0.2, 0) is 0 Å². The van der Waals surface area contributed by atoms with E-state index in [9.17, 15) is 0 Å². The summed E-state index contributed by atoms with van der Waals surface area (Å²) in [5, 5.41) is 0. The van der Waals surface area contributed by atoms with Gasteiger partial charge in [-0.2, -0.15) is 0 Å². The first-order valence-electron chi connectivity index (χ1n) is 6.08. The van der Waals surface area contributed by atoms with Crippen molar-refractivity contribution in [2.75, 3.05) is 6.54 Å². The van der Waals surface area contributed by atoms with Crippen molar-refractivity contribution in [3.8, 4) is 11.5 Å². The summed E-state index contributed by atoms with van der Waals surface area (Å²) in [5.74, 6) is 1.64. The van der Waals surface area contributed by atoms with Gasteiger partial charge in [-0.1, -0.05) is 30.3 Å². The van der Waals surface area contributed by atoms with E-state index in [2.05, 4.69) is 0 Å². The average Bonchev–Trinajstić information content (AvgIpc) is 2.41. The Hall–Kier alpha value is -1.55. The molecule has 3 nitrogen and oxygen atoms in total. The number of para-hydroxylation sites is 1. The quantitative estimate of drug-likeness (QED) is 0.882. The zero-order chi connectivity index (χ0) is 12.8. The molecule has 0 unspecified atom stereocenters. The van der Waals surface area contributed by atoms with Crippen LogP contribution in [0.5, 0.6) is 11.5 Å². The number of nitrogens with two attached hydrogens (primary N) is 2. The molecular formula is C15H19ClN2O. The van der Waals surface area contributed by atoms with Crippen LogP contribution in [0.1, 0.15) is 18.0 Å². The number of rotatable bonds is 5. The largest absolute Gasteiger partial charge is 0.457 e. The van der Waals surface area contributed by atoms with Crippen molar-refractivity contribution in [3.05, 3.63) is 60.2 Å². The molecule has 0 aliphatic rings. The first-order valence-corrected chi connectivity index (χ1v) is 6.08. The molecule has 102 valence electrons. The predicted molar refractivity (Wildman–Crippen MR) is 80.8 cm³/mol. The van der Waals surface area contributed by atoms with Gasteiger partial charge in [0.15, 0.2) is 0 Å².